The molecule has 3 nitrogen and oxygen atoms in total. The Balaban J connectivity index is 2.02. The topological polar surface area (TPSA) is 37.8 Å². The molecule has 1 aromatic rings. The van der Waals surface area contributed by atoms with E-state index in [2.05, 4.69) is 45.1 Å². The molecule has 1 aliphatic rings. The van der Waals surface area contributed by atoms with Crippen LogP contribution in [-0.2, 0) is 6.42 Å². The molecule has 0 aromatic carbocycles. The summed E-state index contributed by atoms with van der Waals surface area (Å²) < 4.78 is 0.875. The van der Waals surface area contributed by atoms with E-state index in [1.54, 1.807) is 0 Å². The van der Waals surface area contributed by atoms with Gasteiger partial charge in [-0.25, -0.2) is 9.97 Å². The largest absolute Gasteiger partial charge is 0.367 e. The number of hydrogen-bond donors (Lipinski definition) is 1. The Morgan fingerprint density at radius 3 is 2.89 bits per heavy atom. The summed E-state index contributed by atoms with van der Waals surface area (Å²) in [7, 11) is 0. The maximum Gasteiger partial charge on any atom is 0.131 e. The van der Waals surface area contributed by atoms with Crippen molar-refractivity contribution in [1.82, 2.24) is 9.97 Å². The summed E-state index contributed by atoms with van der Waals surface area (Å²) in [6.45, 7) is 4.38. The zero-order valence-electron chi connectivity index (χ0n) is 11.2. The van der Waals surface area contributed by atoms with Crippen molar-refractivity contribution in [3.63, 3.8) is 0 Å². The Morgan fingerprint density at radius 1 is 1.33 bits per heavy atom. The van der Waals surface area contributed by atoms with E-state index in [0.29, 0.717) is 6.04 Å². The molecular weight excluding hydrogens is 290 g/mol. The summed E-state index contributed by atoms with van der Waals surface area (Å²) in [6, 6.07) is 2.56. The third-order valence-electron chi connectivity index (χ3n) is 3.77. The van der Waals surface area contributed by atoms with Gasteiger partial charge in [-0.3, -0.25) is 0 Å². The van der Waals surface area contributed by atoms with Crippen LogP contribution in [0.25, 0.3) is 0 Å². The van der Waals surface area contributed by atoms with E-state index in [0.717, 1.165) is 28.6 Å². The molecule has 100 valence electrons. The van der Waals surface area contributed by atoms with E-state index in [4.69, 9.17) is 0 Å². The summed E-state index contributed by atoms with van der Waals surface area (Å²) in [5.41, 5.74) is 0. The predicted octanol–water partition coefficient (Wildman–Crippen LogP) is 4.18. The van der Waals surface area contributed by atoms with Gasteiger partial charge in [0, 0.05) is 18.5 Å². The monoisotopic (exact) mass is 311 g/mol. The van der Waals surface area contributed by atoms with Crippen LogP contribution in [0.1, 0.15) is 51.8 Å². The Morgan fingerprint density at radius 2 is 2.17 bits per heavy atom. The minimum Gasteiger partial charge on any atom is -0.367 e. The first-order valence-corrected chi connectivity index (χ1v) is 7.80. The lowest BCUT2D eigenvalue weighted by Crippen LogP contribution is -2.27. The van der Waals surface area contributed by atoms with Crippen LogP contribution in [0.2, 0.25) is 0 Å². The summed E-state index contributed by atoms with van der Waals surface area (Å²) >= 11 is 3.45. The van der Waals surface area contributed by atoms with Crippen LogP contribution in [0, 0.1) is 5.92 Å². The number of aromatic nitrogens is 2. The molecule has 2 rings (SSSR count). The highest BCUT2D eigenvalue weighted by molar-refractivity contribution is 9.10. The van der Waals surface area contributed by atoms with E-state index in [9.17, 15) is 0 Å². The van der Waals surface area contributed by atoms with Crippen molar-refractivity contribution < 1.29 is 0 Å². The highest BCUT2D eigenvalue weighted by Crippen LogP contribution is 2.28. The van der Waals surface area contributed by atoms with E-state index in [-0.39, 0.29) is 0 Å². The average Bonchev–Trinajstić information content (AvgIpc) is 2.38. The summed E-state index contributed by atoms with van der Waals surface area (Å²) in [5, 5.41) is 3.58. The molecule has 1 aliphatic carbocycles. The number of halogens is 1. The van der Waals surface area contributed by atoms with Crippen LogP contribution in [-0.4, -0.2) is 16.0 Å². The van der Waals surface area contributed by atoms with Gasteiger partial charge in [-0.05, 0) is 34.7 Å². The van der Waals surface area contributed by atoms with Crippen molar-refractivity contribution in [1.29, 1.82) is 0 Å². The van der Waals surface area contributed by atoms with Crippen LogP contribution in [0.15, 0.2) is 10.7 Å². The molecule has 1 saturated carbocycles. The van der Waals surface area contributed by atoms with Gasteiger partial charge in [0.1, 0.15) is 16.2 Å². The quantitative estimate of drug-likeness (QED) is 0.848. The van der Waals surface area contributed by atoms with E-state index in [1.807, 2.05) is 6.07 Å². The van der Waals surface area contributed by atoms with Gasteiger partial charge in [-0.1, -0.05) is 33.1 Å². The van der Waals surface area contributed by atoms with Gasteiger partial charge in [0.05, 0.1) is 0 Å². The molecule has 2 atom stereocenters. The van der Waals surface area contributed by atoms with Crippen LogP contribution in [0.4, 0.5) is 5.82 Å². The average molecular weight is 312 g/mol. The van der Waals surface area contributed by atoms with Crippen molar-refractivity contribution in [2.75, 3.05) is 5.32 Å². The van der Waals surface area contributed by atoms with E-state index < -0.39 is 0 Å². The number of nitrogens with zero attached hydrogens (tertiary/aromatic N) is 2. The molecule has 1 N–H and O–H groups in total. The first kappa shape index (κ1) is 13.8. The fourth-order valence-electron chi connectivity index (χ4n) is 2.70. The molecule has 4 heteroatoms. The number of hydrogen-bond acceptors (Lipinski definition) is 3. The van der Waals surface area contributed by atoms with Crippen molar-refractivity contribution in [2.45, 2.75) is 58.4 Å². The minimum atomic E-state index is 0.579. The summed E-state index contributed by atoms with van der Waals surface area (Å²) in [5.74, 6) is 2.75. The van der Waals surface area contributed by atoms with Gasteiger partial charge in [0.15, 0.2) is 0 Å². The molecule has 2 unspecified atom stereocenters. The Hall–Kier alpha value is -0.640. The lowest BCUT2D eigenvalue weighted by atomic mass is 9.84. The van der Waals surface area contributed by atoms with Crippen molar-refractivity contribution in [3.8, 4) is 0 Å². The van der Waals surface area contributed by atoms with Crippen molar-refractivity contribution in [2.24, 2.45) is 5.92 Å². The second-order valence-electron chi connectivity index (χ2n) is 5.13. The molecule has 0 spiro atoms. The molecule has 0 saturated heterocycles. The first-order chi connectivity index (χ1) is 8.71. The number of rotatable bonds is 4. The van der Waals surface area contributed by atoms with E-state index in [1.165, 1.54) is 32.1 Å². The summed E-state index contributed by atoms with van der Waals surface area (Å²) in [6.07, 6.45) is 7.44. The van der Waals surface area contributed by atoms with Gasteiger partial charge in [0.2, 0.25) is 0 Å². The first-order valence-electron chi connectivity index (χ1n) is 7.01. The normalized spacial score (nSPS) is 23.9. The van der Waals surface area contributed by atoms with Crippen LogP contribution in [0.5, 0.6) is 0 Å². The zero-order chi connectivity index (χ0) is 13.0. The molecule has 18 heavy (non-hydrogen) atoms. The molecular formula is C14H22BrN3. The van der Waals surface area contributed by atoms with Crippen molar-refractivity contribution >= 4 is 21.7 Å². The van der Waals surface area contributed by atoms with Gasteiger partial charge in [0.25, 0.3) is 0 Å². The van der Waals surface area contributed by atoms with Crippen LogP contribution in [0.3, 0.4) is 0 Å². The Kier molecular flexibility index (Phi) is 4.98. The fraction of sp³-hybridized carbons (Fsp3) is 0.714. The molecule has 1 fully saturated rings. The van der Waals surface area contributed by atoms with Gasteiger partial charge >= 0.3 is 0 Å². The molecule has 1 heterocycles. The van der Waals surface area contributed by atoms with Crippen molar-refractivity contribution in [3.05, 3.63) is 16.5 Å². The Bertz CT molecular complexity index is 395. The third-order valence-corrected chi connectivity index (χ3v) is 4.18. The van der Waals surface area contributed by atoms with E-state index >= 15 is 0 Å². The highest BCUT2D eigenvalue weighted by Gasteiger charge is 2.21. The van der Waals surface area contributed by atoms with Crippen LogP contribution < -0.4 is 5.32 Å². The minimum absolute atomic E-state index is 0.579. The standard InChI is InChI=1S/C14H22BrN3/c1-3-10-6-5-7-11(8-10)16-14-9-12(15)17-13(4-2)18-14/h9-11H,3-8H2,1-2H3,(H,16,17,18). The Labute approximate surface area is 118 Å². The number of nitrogens with one attached hydrogen (secondary N) is 1. The smallest absolute Gasteiger partial charge is 0.131 e. The fourth-order valence-corrected chi connectivity index (χ4v) is 3.12. The lowest BCUT2D eigenvalue weighted by Gasteiger charge is -2.29. The molecule has 0 radical (unpaired) electrons. The molecule has 0 bridgehead atoms. The molecule has 0 amide bonds. The van der Waals surface area contributed by atoms with Crippen LogP contribution >= 0.6 is 15.9 Å². The summed E-state index contributed by atoms with van der Waals surface area (Å²) in [4.78, 5) is 8.89. The highest BCUT2D eigenvalue weighted by atomic mass is 79.9. The van der Waals surface area contributed by atoms with Gasteiger partial charge in [-0.15, -0.1) is 0 Å². The van der Waals surface area contributed by atoms with Gasteiger partial charge < -0.3 is 5.32 Å². The molecule has 1 aromatic heterocycles. The second-order valence-corrected chi connectivity index (χ2v) is 5.94. The van der Waals surface area contributed by atoms with Gasteiger partial charge in [-0.2, -0.15) is 0 Å². The second kappa shape index (κ2) is 6.50. The SMILES string of the molecule is CCc1nc(Br)cc(NC2CCCC(CC)C2)n1. The lowest BCUT2D eigenvalue weighted by molar-refractivity contribution is 0.327. The maximum atomic E-state index is 4.54. The third kappa shape index (κ3) is 3.67. The maximum absolute atomic E-state index is 4.54. The number of aryl methyl sites for hydroxylation is 1. The molecule has 0 aliphatic heterocycles. The number of anilines is 1. The zero-order valence-corrected chi connectivity index (χ0v) is 12.8. The predicted molar refractivity (Wildman–Crippen MR) is 78.8 cm³/mol.